The Balaban J connectivity index is 2.47. The van der Waals surface area contributed by atoms with Crippen molar-refractivity contribution in [3.63, 3.8) is 0 Å². The monoisotopic (exact) mass is 179 g/mol. The summed E-state index contributed by atoms with van der Waals surface area (Å²) in [6, 6.07) is 2.02. The highest BCUT2D eigenvalue weighted by Crippen LogP contribution is 2.00. The molecule has 1 aromatic rings. The number of likely N-dealkylation sites (N-methyl/N-ethyl adjacent to an activating group) is 1. The van der Waals surface area contributed by atoms with E-state index in [2.05, 4.69) is 36.4 Å². The molecule has 72 valence electrons. The molecule has 0 aromatic carbocycles. The first kappa shape index (κ1) is 9.99. The second kappa shape index (κ2) is 5.54. The average molecular weight is 179 g/mol. The lowest BCUT2D eigenvalue weighted by Gasteiger charge is -1.98. The van der Waals surface area contributed by atoms with Crippen LogP contribution in [0.1, 0.15) is 19.5 Å². The minimum absolute atomic E-state index is 0.922. The molecule has 1 N–H and O–H groups in total. The summed E-state index contributed by atoms with van der Waals surface area (Å²) < 4.78 is 1.97. The minimum atomic E-state index is 0.922. The molecule has 0 amide bonds. The smallest absolute Gasteiger partial charge is 0.0607 e. The molecule has 0 saturated carbocycles. The molecular weight excluding hydrogens is 162 g/mol. The highest BCUT2D eigenvalue weighted by molar-refractivity contribution is 5.44. The Morgan fingerprint density at radius 1 is 1.54 bits per heavy atom. The third-order valence-electron chi connectivity index (χ3n) is 1.85. The first-order valence-corrected chi connectivity index (χ1v) is 4.77. The van der Waals surface area contributed by atoms with Crippen LogP contribution in [0.5, 0.6) is 0 Å². The van der Waals surface area contributed by atoms with Crippen LogP contribution in [0.25, 0.3) is 6.08 Å². The Kier molecular flexibility index (Phi) is 4.26. The van der Waals surface area contributed by atoms with Gasteiger partial charge in [0.05, 0.1) is 5.69 Å². The van der Waals surface area contributed by atoms with Crippen LogP contribution in [-0.4, -0.2) is 22.9 Å². The normalized spacial score (nSPS) is 11.2. The molecule has 1 rings (SSSR count). The van der Waals surface area contributed by atoms with Gasteiger partial charge in [0.25, 0.3) is 0 Å². The minimum Gasteiger partial charge on any atom is -0.314 e. The maximum Gasteiger partial charge on any atom is 0.0607 e. The Labute approximate surface area is 79.5 Å². The maximum atomic E-state index is 4.18. The van der Waals surface area contributed by atoms with Crippen LogP contribution in [-0.2, 0) is 6.54 Å². The standard InChI is InChI=1S/C10H17N3/c1-3-11-8-5-6-10-7-9-12-13(10)4-2/h5-7,9,11H,3-4,8H2,1-2H3/b6-5+. The maximum absolute atomic E-state index is 4.18. The summed E-state index contributed by atoms with van der Waals surface area (Å²) >= 11 is 0. The molecule has 3 nitrogen and oxygen atoms in total. The van der Waals surface area contributed by atoms with E-state index in [0.717, 1.165) is 19.6 Å². The molecule has 0 saturated heterocycles. The zero-order valence-corrected chi connectivity index (χ0v) is 8.33. The lowest BCUT2D eigenvalue weighted by molar-refractivity contribution is 0.653. The summed E-state index contributed by atoms with van der Waals surface area (Å²) in [5.74, 6) is 0. The predicted octanol–water partition coefficient (Wildman–Crippen LogP) is 1.53. The highest BCUT2D eigenvalue weighted by atomic mass is 15.3. The fourth-order valence-corrected chi connectivity index (χ4v) is 1.16. The summed E-state index contributed by atoms with van der Waals surface area (Å²) in [4.78, 5) is 0. The molecule has 0 aliphatic rings. The molecule has 0 aliphatic heterocycles. The first-order chi connectivity index (χ1) is 6.38. The quantitative estimate of drug-likeness (QED) is 0.695. The van der Waals surface area contributed by atoms with E-state index in [1.807, 2.05) is 16.9 Å². The van der Waals surface area contributed by atoms with Crippen LogP contribution in [0.4, 0.5) is 0 Å². The van der Waals surface area contributed by atoms with E-state index in [9.17, 15) is 0 Å². The zero-order chi connectivity index (χ0) is 9.52. The third-order valence-corrected chi connectivity index (χ3v) is 1.85. The van der Waals surface area contributed by atoms with Crippen molar-refractivity contribution in [1.29, 1.82) is 0 Å². The number of hydrogen-bond acceptors (Lipinski definition) is 2. The summed E-state index contributed by atoms with van der Waals surface area (Å²) in [5.41, 5.74) is 1.17. The van der Waals surface area contributed by atoms with E-state index < -0.39 is 0 Å². The summed E-state index contributed by atoms with van der Waals surface area (Å²) in [6.07, 6.45) is 6.04. The Bertz CT molecular complexity index is 263. The fourth-order valence-electron chi connectivity index (χ4n) is 1.16. The molecule has 1 heterocycles. The zero-order valence-electron chi connectivity index (χ0n) is 8.33. The van der Waals surface area contributed by atoms with Gasteiger partial charge in [-0.05, 0) is 25.6 Å². The van der Waals surface area contributed by atoms with Gasteiger partial charge in [0.1, 0.15) is 0 Å². The predicted molar refractivity (Wildman–Crippen MR) is 55.5 cm³/mol. The second-order valence-corrected chi connectivity index (χ2v) is 2.78. The molecule has 0 bridgehead atoms. The van der Waals surface area contributed by atoms with E-state index >= 15 is 0 Å². The van der Waals surface area contributed by atoms with Crippen molar-refractivity contribution in [2.75, 3.05) is 13.1 Å². The molecule has 13 heavy (non-hydrogen) atoms. The van der Waals surface area contributed by atoms with E-state index in [4.69, 9.17) is 0 Å². The van der Waals surface area contributed by atoms with E-state index in [1.54, 1.807) is 0 Å². The Hall–Kier alpha value is -1.09. The molecule has 0 atom stereocenters. The van der Waals surface area contributed by atoms with Crippen LogP contribution in [0, 0.1) is 0 Å². The summed E-state index contributed by atoms with van der Waals surface area (Å²) in [5, 5.41) is 7.41. The van der Waals surface area contributed by atoms with Crippen molar-refractivity contribution < 1.29 is 0 Å². The average Bonchev–Trinajstić information content (AvgIpc) is 2.60. The van der Waals surface area contributed by atoms with Crippen LogP contribution >= 0.6 is 0 Å². The van der Waals surface area contributed by atoms with Crippen molar-refractivity contribution >= 4 is 6.08 Å². The number of nitrogens with zero attached hydrogens (tertiary/aromatic N) is 2. The van der Waals surface area contributed by atoms with E-state index in [-0.39, 0.29) is 0 Å². The van der Waals surface area contributed by atoms with Crippen LogP contribution in [0.3, 0.4) is 0 Å². The van der Waals surface area contributed by atoms with Crippen molar-refractivity contribution in [2.45, 2.75) is 20.4 Å². The summed E-state index contributed by atoms with van der Waals surface area (Å²) in [6.45, 7) is 7.05. The van der Waals surface area contributed by atoms with Gasteiger partial charge in [-0.25, -0.2) is 0 Å². The van der Waals surface area contributed by atoms with Crippen molar-refractivity contribution in [1.82, 2.24) is 15.1 Å². The summed E-state index contributed by atoms with van der Waals surface area (Å²) in [7, 11) is 0. The van der Waals surface area contributed by atoms with Crippen LogP contribution < -0.4 is 5.32 Å². The molecular formula is C10H17N3. The van der Waals surface area contributed by atoms with Gasteiger partial charge in [-0.15, -0.1) is 0 Å². The fraction of sp³-hybridized carbons (Fsp3) is 0.500. The lowest BCUT2D eigenvalue weighted by atomic mass is 10.3. The van der Waals surface area contributed by atoms with Gasteiger partial charge in [0.2, 0.25) is 0 Å². The molecule has 0 unspecified atom stereocenters. The molecule has 0 fully saturated rings. The van der Waals surface area contributed by atoms with Crippen LogP contribution in [0.2, 0.25) is 0 Å². The van der Waals surface area contributed by atoms with Crippen LogP contribution in [0.15, 0.2) is 18.3 Å². The first-order valence-electron chi connectivity index (χ1n) is 4.77. The van der Waals surface area contributed by atoms with Gasteiger partial charge in [-0.2, -0.15) is 5.10 Å². The largest absolute Gasteiger partial charge is 0.314 e. The van der Waals surface area contributed by atoms with E-state index in [1.165, 1.54) is 5.69 Å². The second-order valence-electron chi connectivity index (χ2n) is 2.78. The number of aryl methyl sites for hydroxylation is 1. The van der Waals surface area contributed by atoms with Gasteiger partial charge in [-0.1, -0.05) is 13.0 Å². The number of hydrogen-bond donors (Lipinski definition) is 1. The van der Waals surface area contributed by atoms with Gasteiger partial charge >= 0.3 is 0 Å². The Morgan fingerprint density at radius 2 is 2.38 bits per heavy atom. The molecule has 0 radical (unpaired) electrons. The van der Waals surface area contributed by atoms with Crippen molar-refractivity contribution in [3.05, 3.63) is 24.0 Å². The third kappa shape index (κ3) is 3.03. The van der Waals surface area contributed by atoms with E-state index in [0.29, 0.717) is 0 Å². The molecule has 3 heteroatoms. The molecule has 0 aliphatic carbocycles. The molecule has 1 aromatic heterocycles. The van der Waals surface area contributed by atoms with Gasteiger partial charge in [0.15, 0.2) is 0 Å². The van der Waals surface area contributed by atoms with Gasteiger partial charge in [-0.3, -0.25) is 4.68 Å². The SMILES string of the molecule is CCNC/C=C/c1ccnn1CC. The van der Waals surface area contributed by atoms with Crippen molar-refractivity contribution in [2.24, 2.45) is 0 Å². The highest BCUT2D eigenvalue weighted by Gasteiger charge is 1.93. The number of nitrogens with one attached hydrogen (secondary N) is 1. The van der Waals surface area contributed by atoms with Gasteiger partial charge < -0.3 is 5.32 Å². The van der Waals surface area contributed by atoms with Crippen molar-refractivity contribution in [3.8, 4) is 0 Å². The molecule has 0 spiro atoms. The topological polar surface area (TPSA) is 29.9 Å². The van der Waals surface area contributed by atoms with Gasteiger partial charge in [0, 0.05) is 19.3 Å². The number of aromatic nitrogens is 2. The lowest BCUT2D eigenvalue weighted by Crippen LogP contribution is -2.11. The number of rotatable bonds is 5. The Morgan fingerprint density at radius 3 is 3.08 bits per heavy atom.